The van der Waals surface area contributed by atoms with Crippen molar-refractivity contribution in [3.8, 4) is 11.3 Å². The monoisotopic (exact) mass is 281 g/mol. The van der Waals surface area contributed by atoms with Crippen LogP contribution >= 0.6 is 0 Å². The molecule has 0 unspecified atom stereocenters. The van der Waals surface area contributed by atoms with Crippen LogP contribution in [0.3, 0.4) is 0 Å². The summed E-state index contributed by atoms with van der Waals surface area (Å²) >= 11 is 0. The Bertz CT molecular complexity index is 627. The highest BCUT2D eigenvalue weighted by atomic mass is 16.1. The van der Waals surface area contributed by atoms with E-state index < -0.39 is 0 Å². The third-order valence-corrected chi connectivity index (χ3v) is 3.75. The number of carbonyl (C=O) groups is 1. The van der Waals surface area contributed by atoms with Gasteiger partial charge in [0.25, 0.3) is 0 Å². The van der Waals surface area contributed by atoms with E-state index >= 15 is 0 Å². The molecule has 1 aliphatic carbocycles. The highest BCUT2D eigenvalue weighted by Crippen LogP contribution is 2.22. The lowest BCUT2D eigenvalue weighted by atomic mass is 9.97. The Morgan fingerprint density at radius 2 is 2.05 bits per heavy atom. The molecule has 21 heavy (non-hydrogen) atoms. The molecule has 0 saturated carbocycles. The molecule has 4 heteroatoms. The average molecular weight is 281 g/mol. The lowest BCUT2D eigenvalue weighted by Crippen LogP contribution is -2.12. The van der Waals surface area contributed by atoms with Gasteiger partial charge >= 0.3 is 0 Å². The number of carbonyl (C=O) groups excluding carboxylic acids is 1. The number of allylic oxidation sites excluding steroid dienone is 1. The molecule has 0 saturated heterocycles. The molecule has 1 aromatic carbocycles. The first-order chi connectivity index (χ1) is 10.3. The Labute approximate surface area is 124 Å². The van der Waals surface area contributed by atoms with Crippen molar-refractivity contribution in [3.63, 3.8) is 0 Å². The average Bonchev–Trinajstić information content (AvgIpc) is 3.03. The summed E-state index contributed by atoms with van der Waals surface area (Å²) in [6.45, 7) is 0. The minimum atomic E-state index is 0.0671. The Morgan fingerprint density at radius 3 is 2.71 bits per heavy atom. The van der Waals surface area contributed by atoms with E-state index in [2.05, 4.69) is 21.6 Å². The third-order valence-electron chi connectivity index (χ3n) is 3.75. The number of aromatic amines is 1. The Balaban J connectivity index is 1.60. The van der Waals surface area contributed by atoms with Crippen molar-refractivity contribution in [1.82, 2.24) is 10.2 Å². The van der Waals surface area contributed by atoms with Gasteiger partial charge in [0.1, 0.15) is 0 Å². The Morgan fingerprint density at radius 1 is 1.19 bits per heavy atom. The molecule has 0 atom stereocenters. The summed E-state index contributed by atoms with van der Waals surface area (Å²) in [5, 5.41) is 9.81. The maximum atomic E-state index is 12.0. The Kier molecular flexibility index (Phi) is 4.15. The molecule has 4 nitrogen and oxygen atoms in total. The lowest BCUT2D eigenvalue weighted by molar-refractivity contribution is -0.115. The maximum absolute atomic E-state index is 12.0. The number of hydrogen-bond donors (Lipinski definition) is 2. The van der Waals surface area contributed by atoms with E-state index in [1.807, 2.05) is 30.3 Å². The van der Waals surface area contributed by atoms with Gasteiger partial charge < -0.3 is 5.32 Å². The molecule has 0 fully saturated rings. The number of aromatic nitrogens is 2. The van der Waals surface area contributed by atoms with Crippen LogP contribution in [0.1, 0.15) is 32.1 Å². The van der Waals surface area contributed by atoms with Gasteiger partial charge in [0.15, 0.2) is 0 Å². The van der Waals surface area contributed by atoms with Crippen LogP contribution in [0, 0.1) is 0 Å². The second kappa shape index (κ2) is 6.39. The smallest absolute Gasteiger partial charge is 0.228 e. The van der Waals surface area contributed by atoms with Crippen molar-refractivity contribution in [1.29, 1.82) is 0 Å². The van der Waals surface area contributed by atoms with Gasteiger partial charge in [0.05, 0.1) is 5.69 Å². The van der Waals surface area contributed by atoms with E-state index in [0.29, 0.717) is 6.42 Å². The molecule has 108 valence electrons. The molecule has 1 aromatic heterocycles. The van der Waals surface area contributed by atoms with Crippen molar-refractivity contribution in [2.45, 2.75) is 32.1 Å². The van der Waals surface area contributed by atoms with Crippen LogP contribution in [0.5, 0.6) is 0 Å². The van der Waals surface area contributed by atoms with E-state index in [4.69, 9.17) is 0 Å². The van der Waals surface area contributed by atoms with Crippen LogP contribution in [-0.4, -0.2) is 16.1 Å². The number of benzene rings is 1. The maximum Gasteiger partial charge on any atom is 0.228 e. The summed E-state index contributed by atoms with van der Waals surface area (Å²) < 4.78 is 0. The number of amides is 1. The number of anilines is 1. The quantitative estimate of drug-likeness (QED) is 0.835. The minimum Gasteiger partial charge on any atom is -0.326 e. The summed E-state index contributed by atoms with van der Waals surface area (Å²) in [5.41, 5.74) is 4.13. The molecule has 0 bridgehead atoms. The molecular formula is C17H19N3O. The molecule has 0 aliphatic heterocycles. The van der Waals surface area contributed by atoms with E-state index in [9.17, 15) is 4.79 Å². The standard InChI is InChI=1S/C17H19N3O/c21-17(12-13-4-2-1-3-5-13)19-15-8-6-14(7-9-15)16-10-11-18-20-16/h4,6-11H,1-3,5,12H2,(H,18,20)(H,19,21). The highest BCUT2D eigenvalue weighted by molar-refractivity contribution is 5.92. The number of nitrogens with zero attached hydrogens (tertiary/aromatic N) is 1. The van der Waals surface area contributed by atoms with Crippen LogP contribution in [0.2, 0.25) is 0 Å². The summed E-state index contributed by atoms with van der Waals surface area (Å²) in [5.74, 6) is 0.0671. The molecule has 0 spiro atoms. The van der Waals surface area contributed by atoms with Gasteiger partial charge in [0, 0.05) is 18.3 Å². The number of hydrogen-bond acceptors (Lipinski definition) is 2. The number of H-pyrrole nitrogens is 1. The van der Waals surface area contributed by atoms with Crippen LogP contribution in [0.4, 0.5) is 5.69 Å². The van der Waals surface area contributed by atoms with Gasteiger partial charge in [-0.3, -0.25) is 9.89 Å². The molecule has 0 radical (unpaired) electrons. The predicted molar refractivity (Wildman–Crippen MR) is 83.8 cm³/mol. The van der Waals surface area contributed by atoms with E-state index in [1.54, 1.807) is 6.20 Å². The van der Waals surface area contributed by atoms with Gasteiger partial charge in [-0.1, -0.05) is 23.8 Å². The van der Waals surface area contributed by atoms with Gasteiger partial charge in [-0.05, 0) is 49.4 Å². The van der Waals surface area contributed by atoms with Gasteiger partial charge in [0.2, 0.25) is 5.91 Å². The van der Waals surface area contributed by atoms with Crippen LogP contribution < -0.4 is 5.32 Å². The molecule has 1 amide bonds. The minimum absolute atomic E-state index is 0.0671. The molecule has 2 aromatic rings. The van der Waals surface area contributed by atoms with Crippen molar-refractivity contribution in [3.05, 3.63) is 48.2 Å². The van der Waals surface area contributed by atoms with Crippen molar-refractivity contribution < 1.29 is 4.79 Å². The summed E-state index contributed by atoms with van der Waals surface area (Å²) in [6.07, 6.45) is 9.08. The van der Waals surface area contributed by atoms with Crippen LogP contribution in [0.25, 0.3) is 11.3 Å². The topological polar surface area (TPSA) is 57.8 Å². The SMILES string of the molecule is O=C(CC1=CCCCC1)Nc1ccc(-c2ccn[nH]2)cc1. The zero-order valence-corrected chi connectivity index (χ0v) is 11.9. The number of nitrogens with one attached hydrogen (secondary N) is 2. The number of rotatable bonds is 4. The van der Waals surface area contributed by atoms with Crippen molar-refractivity contribution >= 4 is 11.6 Å². The van der Waals surface area contributed by atoms with Crippen molar-refractivity contribution in [2.24, 2.45) is 0 Å². The summed E-state index contributed by atoms with van der Waals surface area (Å²) in [7, 11) is 0. The first kappa shape index (κ1) is 13.6. The molecule has 1 aliphatic rings. The highest BCUT2D eigenvalue weighted by Gasteiger charge is 2.09. The summed E-state index contributed by atoms with van der Waals surface area (Å²) in [6, 6.07) is 9.71. The fourth-order valence-electron chi connectivity index (χ4n) is 2.63. The zero-order valence-electron chi connectivity index (χ0n) is 11.9. The first-order valence-electron chi connectivity index (χ1n) is 7.39. The van der Waals surface area contributed by atoms with Gasteiger partial charge in [-0.25, -0.2) is 0 Å². The zero-order chi connectivity index (χ0) is 14.5. The largest absolute Gasteiger partial charge is 0.326 e. The Hall–Kier alpha value is -2.36. The van der Waals surface area contributed by atoms with Crippen LogP contribution in [0.15, 0.2) is 48.2 Å². The second-order valence-corrected chi connectivity index (χ2v) is 5.38. The van der Waals surface area contributed by atoms with Gasteiger partial charge in [-0.2, -0.15) is 5.10 Å². The molecule has 3 rings (SSSR count). The fourth-order valence-corrected chi connectivity index (χ4v) is 2.63. The molecule has 2 N–H and O–H groups in total. The van der Waals surface area contributed by atoms with E-state index in [0.717, 1.165) is 29.8 Å². The first-order valence-corrected chi connectivity index (χ1v) is 7.39. The van der Waals surface area contributed by atoms with E-state index in [-0.39, 0.29) is 5.91 Å². The van der Waals surface area contributed by atoms with Gasteiger partial charge in [-0.15, -0.1) is 0 Å². The fraction of sp³-hybridized carbons (Fsp3) is 0.294. The molecule has 1 heterocycles. The van der Waals surface area contributed by atoms with Crippen molar-refractivity contribution in [2.75, 3.05) is 5.32 Å². The third kappa shape index (κ3) is 3.60. The summed E-state index contributed by atoms with van der Waals surface area (Å²) in [4.78, 5) is 12.0. The lowest BCUT2D eigenvalue weighted by Gasteiger charge is -2.12. The predicted octanol–water partition coefficient (Wildman–Crippen LogP) is 3.91. The van der Waals surface area contributed by atoms with E-state index in [1.165, 1.54) is 18.4 Å². The molecular weight excluding hydrogens is 262 g/mol. The second-order valence-electron chi connectivity index (χ2n) is 5.38. The normalized spacial score (nSPS) is 14.6. The van der Waals surface area contributed by atoms with Crippen LogP contribution in [-0.2, 0) is 4.79 Å².